The van der Waals surface area contributed by atoms with Crippen molar-refractivity contribution in [3.05, 3.63) is 23.4 Å². The molecule has 3 amide bonds. The lowest BCUT2D eigenvalue weighted by Crippen LogP contribution is -2.55. The summed E-state index contributed by atoms with van der Waals surface area (Å²) >= 11 is 6.22. The number of H-pyrrole nitrogens is 1. The number of aromatic nitrogens is 2. The first-order valence-corrected chi connectivity index (χ1v) is 8.82. The Hall–Kier alpha value is -2.28. The van der Waals surface area contributed by atoms with Gasteiger partial charge in [0, 0.05) is 35.2 Å². The lowest BCUT2D eigenvalue weighted by atomic mass is 9.87. The predicted octanol–water partition coefficient (Wildman–Crippen LogP) is 2.52. The van der Waals surface area contributed by atoms with Gasteiger partial charge in [-0.25, -0.2) is 4.79 Å². The van der Waals surface area contributed by atoms with Gasteiger partial charge in [0.2, 0.25) is 0 Å². The number of nitrogens with zero attached hydrogens (tertiary/aromatic N) is 3. The maximum absolute atomic E-state index is 12.8. The van der Waals surface area contributed by atoms with Gasteiger partial charge in [-0.2, -0.15) is 5.10 Å². The summed E-state index contributed by atoms with van der Waals surface area (Å²) in [6.45, 7) is 5.04. The van der Waals surface area contributed by atoms with Crippen LogP contribution in [0.25, 0.3) is 10.9 Å². The van der Waals surface area contributed by atoms with E-state index in [1.54, 1.807) is 6.20 Å². The molecule has 0 radical (unpaired) electrons. The molecule has 2 N–H and O–H groups in total. The van der Waals surface area contributed by atoms with Crippen molar-refractivity contribution in [3.8, 4) is 0 Å². The van der Waals surface area contributed by atoms with E-state index in [2.05, 4.69) is 20.4 Å². The van der Waals surface area contributed by atoms with E-state index >= 15 is 0 Å². The first-order chi connectivity index (χ1) is 11.9. The molecule has 4 rings (SSSR count). The topological polar surface area (TPSA) is 81.3 Å². The number of anilines is 1. The number of benzene rings is 1. The monoisotopic (exact) mass is 361 g/mol. The molecule has 8 heteroatoms. The highest BCUT2D eigenvalue weighted by molar-refractivity contribution is 6.31. The second-order valence-electron chi connectivity index (χ2n) is 7.02. The summed E-state index contributed by atoms with van der Waals surface area (Å²) in [6, 6.07) is 3.35. The van der Waals surface area contributed by atoms with Gasteiger partial charge >= 0.3 is 6.03 Å². The number of imide groups is 1. The van der Waals surface area contributed by atoms with Crippen molar-refractivity contribution in [2.45, 2.75) is 38.3 Å². The molecule has 0 unspecified atom stereocenters. The molecule has 7 nitrogen and oxygen atoms in total. The number of hydrogen-bond acceptors (Lipinski definition) is 4. The van der Waals surface area contributed by atoms with E-state index in [1.807, 2.05) is 26.0 Å². The van der Waals surface area contributed by atoms with Gasteiger partial charge in [-0.3, -0.25) is 14.8 Å². The number of halogens is 1. The molecule has 0 saturated carbocycles. The summed E-state index contributed by atoms with van der Waals surface area (Å²) in [4.78, 5) is 28.5. The third-order valence-corrected chi connectivity index (χ3v) is 5.39. The van der Waals surface area contributed by atoms with Crippen LogP contribution in [-0.2, 0) is 4.79 Å². The first kappa shape index (κ1) is 16.2. The van der Waals surface area contributed by atoms with Crippen LogP contribution in [0.5, 0.6) is 0 Å². The molecule has 0 aliphatic carbocycles. The highest BCUT2D eigenvalue weighted by atomic mass is 35.5. The third-order valence-electron chi connectivity index (χ3n) is 5.17. The van der Waals surface area contributed by atoms with E-state index in [4.69, 9.17) is 11.6 Å². The first-order valence-electron chi connectivity index (χ1n) is 8.45. The number of fused-ring (bicyclic) bond motifs is 1. The van der Waals surface area contributed by atoms with Gasteiger partial charge in [0.25, 0.3) is 5.91 Å². The largest absolute Gasteiger partial charge is 0.371 e. The summed E-state index contributed by atoms with van der Waals surface area (Å²) in [6.07, 6.45) is 2.94. The molecule has 2 saturated heterocycles. The molecular formula is C17H20ClN5O2. The van der Waals surface area contributed by atoms with Crippen LogP contribution < -0.4 is 10.2 Å². The summed E-state index contributed by atoms with van der Waals surface area (Å²) in [7, 11) is 0. The zero-order valence-electron chi connectivity index (χ0n) is 14.2. The summed E-state index contributed by atoms with van der Waals surface area (Å²) in [5.41, 5.74) is 1.12. The molecular weight excluding hydrogens is 342 g/mol. The normalized spacial score (nSPS) is 20.2. The zero-order chi connectivity index (χ0) is 17.8. The van der Waals surface area contributed by atoms with Crippen LogP contribution >= 0.6 is 11.6 Å². The van der Waals surface area contributed by atoms with Crippen LogP contribution in [0.1, 0.15) is 26.7 Å². The summed E-state index contributed by atoms with van der Waals surface area (Å²) in [5.74, 6) is -0.105. The van der Waals surface area contributed by atoms with Gasteiger partial charge in [-0.05, 0) is 38.8 Å². The van der Waals surface area contributed by atoms with Gasteiger partial charge in [0.1, 0.15) is 5.54 Å². The fourth-order valence-corrected chi connectivity index (χ4v) is 4.05. The highest BCUT2D eigenvalue weighted by Gasteiger charge is 2.53. The second-order valence-corrected chi connectivity index (χ2v) is 7.46. The van der Waals surface area contributed by atoms with Crippen molar-refractivity contribution in [1.29, 1.82) is 0 Å². The minimum atomic E-state index is -0.772. The lowest BCUT2D eigenvalue weighted by molar-refractivity contribution is -0.133. The minimum absolute atomic E-state index is 0.105. The van der Waals surface area contributed by atoms with Crippen LogP contribution in [-0.4, -0.2) is 51.7 Å². The number of piperidine rings is 1. The molecule has 132 valence electrons. The number of carbonyl (C=O) groups excluding carboxylic acids is 2. The van der Waals surface area contributed by atoms with Crippen LogP contribution in [0.4, 0.5) is 10.5 Å². The van der Waals surface area contributed by atoms with E-state index in [1.165, 1.54) is 4.90 Å². The SMILES string of the molecule is CC(C)N1C(=O)NC2(CCN(c3cc(Cl)cc4[nH]ncc34)CC2)C1=O. The molecule has 2 aliphatic rings. The van der Waals surface area contributed by atoms with Crippen LogP contribution in [0.3, 0.4) is 0 Å². The number of carbonyl (C=O) groups is 2. The van der Waals surface area contributed by atoms with Crippen molar-refractivity contribution < 1.29 is 9.59 Å². The molecule has 1 aromatic carbocycles. The van der Waals surface area contributed by atoms with Crippen LogP contribution in [0.2, 0.25) is 5.02 Å². The molecule has 2 fully saturated rings. The Kier molecular flexibility index (Phi) is 3.64. The summed E-state index contributed by atoms with van der Waals surface area (Å²) < 4.78 is 0. The van der Waals surface area contributed by atoms with Gasteiger partial charge in [0.05, 0.1) is 11.7 Å². The highest BCUT2D eigenvalue weighted by Crippen LogP contribution is 2.36. The van der Waals surface area contributed by atoms with Crippen molar-refractivity contribution in [3.63, 3.8) is 0 Å². The number of rotatable bonds is 2. The molecule has 1 aromatic heterocycles. The van der Waals surface area contributed by atoms with Crippen molar-refractivity contribution in [2.24, 2.45) is 0 Å². The number of urea groups is 1. The van der Waals surface area contributed by atoms with Gasteiger partial charge in [-0.15, -0.1) is 0 Å². The molecule has 0 atom stereocenters. The standard InChI is InChI=1S/C17H20ClN5O2/c1-10(2)23-15(24)17(20-16(23)25)3-5-22(6-4-17)14-8-11(18)7-13-12(14)9-19-21-13/h7-10H,3-6H2,1-2H3,(H,19,21)(H,20,25). The zero-order valence-corrected chi connectivity index (χ0v) is 14.9. The Morgan fingerprint density at radius 1 is 1.24 bits per heavy atom. The number of hydrogen-bond donors (Lipinski definition) is 2. The van der Waals surface area contributed by atoms with Crippen molar-refractivity contribution >= 4 is 40.1 Å². The third kappa shape index (κ3) is 2.45. The maximum atomic E-state index is 12.8. The molecule has 1 spiro atoms. The van der Waals surface area contributed by atoms with Crippen molar-refractivity contribution in [2.75, 3.05) is 18.0 Å². The quantitative estimate of drug-likeness (QED) is 0.805. The van der Waals surface area contributed by atoms with E-state index in [0.717, 1.165) is 16.6 Å². The van der Waals surface area contributed by atoms with Gasteiger partial charge in [0.15, 0.2) is 0 Å². The lowest BCUT2D eigenvalue weighted by Gasteiger charge is -2.38. The molecule has 2 aromatic rings. The predicted molar refractivity (Wildman–Crippen MR) is 95.8 cm³/mol. The fourth-order valence-electron chi connectivity index (χ4n) is 3.84. The van der Waals surface area contributed by atoms with E-state index in [9.17, 15) is 9.59 Å². The van der Waals surface area contributed by atoms with Crippen LogP contribution in [0.15, 0.2) is 18.3 Å². The Morgan fingerprint density at radius 3 is 2.60 bits per heavy atom. The Labute approximate surface area is 150 Å². The second kappa shape index (κ2) is 5.62. The van der Waals surface area contributed by atoms with Gasteiger partial charge in [-0.1, -0.05) is 11.6 Å². The number of amides is 3. The fraction of sp³-hybridized carbons (Fsp3) is 0.471. The molecule has 2 aliphatic heterocycles. The average molecular weight is 362 g/mol. The Balaban J connectivity index is 1.59. The van der Waals surface area contributed by atoms with E-state index < -0.39 is 5.54 Å². The molecule has 3 heterocycles. The van der Waals surface area contributed by atoms with E-state index in [0.29, 0.717) is 31.0 Å². The van der Waals surface area contributed by atoms with Crippen molar-refractivity contribution in [1.82, 2.24) is 20.4 Å². The smallest absolute Gasteiger partial charge is 0.325 e. The summed E-state index contributed by atoms with van der Waals surface area (Å²) in [5, 5.41) is 11.6. The van der Waals surface area contributed by atoms with E-state index in [-0.39, 0.29) is 18.0 Å². The number of aromatic amines is 1. The number of nitrogens with one attached hydrogen (secondary N) is 2. The van der Waals surface area contributed by atoms with Crippen LogP contribution in [0, 0.1) is 0 Å². The molecule has 25 heavy (non-hydrogen) atoms. The average Bonchev–Trinajstić information content (AvgIpc) is 3.10. The maximum Gasteiger partial charge on any atom is 0.325 e. The molecule has 0 bridgehead atoms. The minimum Gasteiger partial charge on any atom is -0.371 e. The Bertz CT molecular complexity index is 854. The Morgan fingerprint density at radius 2 is 1.96 bits per heavy atom. The van der Waals surface area contributed by atoms with Gasteiger partial charge < -0.3 is 10.2 Å².